The highest BCUT2D eigenvalue weighted by Crippen LogP contribution is 2.22. The summed E-state index contributed by atoms with van der Waals surface area (Å²) < 4.78 is 10.1. The maximum atomic E-state index is 9.89. The second-order valence-corrected chi connectivity index (χ2v) is 5.01. The van der Waals surface area contributed by atoms with Crippen LogP contribution in [0.25, 0.3) is 0 Å². The SMILES string of the molecule is COC(C)c1noc(CC(O)C(C)(C)C)n1. The normalized spacial score (nSPS) is 16.1. The van der Waals surface area contributed by atoms with Crippen molar-refractivity contribution in [2.45, 2.75) is 46.3 Å². The monoisotopic (exact) mass is 228 g/mol. The van der Waals surface area contributed by atoms with Crippen LogP contribution >= 0.6 is 0 Å². The molecule has 1 aromatic rings. The van der Waals surface area contributed by atoms with E-state index in [4.69, 9.17) is 9.26 Å². The Labute approximate surface area is 95.8 Å². The molecule has 0 amide bonds. The summed E-state index contributed by atoms with van der Waals surface area (Å²) in [6, 6.07) is 0. The van der Waals surface area contributed by atoms with Crippen molar-refractivity contribution in [3.05, 3.63) is 11.7 Å². The van der Waals surface area contributed by atoms with Gasteiger partial charge in [0.1, 0.15) is 6.10 Å². The van der Waals surface area contributed by atoms with Crippen molar-refractivity contribution in [2.24, 2.45) is 5.41 Å². The summed E-state index contributed by atoms with van der Waals surface area (Å²) in [7, 11) is 1.59. The molecule has 1 heterocycles. The van der Waals surface area contributed by atoms with Crippen molar-refractivity contribution in [1.29, 1.82) is 0 Å². The quantitative estimate of drug-likeness (QED) is 0.849. The van der Waals surface area contributed by atoms with Gasteiger partial charge in [0.05, 0.1) is 12.5 Å². The second kappa shape index (κ2) is 4.93. The smallest absolute Gasteiger partial charge is 0.229 e. The Kier molecular flexibility index (Phi) is 4.04. The van der Waals surface area contributed by atoms with E-state index in [0.717, 1.165) is 0 Å². The number of ether oxygens (including phenoxy) is 1. The van der Waals surface area contributed by atoms with Gasteiger partial charge in [0.2, 0.25) is 5.89 Å². The Morgan fingerprint density at radius 1 is 1.44 bits per heavy atom. The van der Waals surface area contributed by atoms with Gasteiger partial charge in [0.25, 0.3) is 0 Å². The first-order chi connectivity index (χ1) is 7.34. The predicted molar refractivity (Wildman–Crippen MR) is 58.9 cm³/mol. The molecule has 16 heavy (non-hydrogen) atoms. The summed E-state index contributed by atoms with van der Waals surface area (Å²) in [5.74, 6) is 0.958. The molecule has 0 saturated carbocycles. The lowest BCUT2D eigenvalue weighted by Crippen LogP contribution is -2.28. The van der Waals surface area contributed by atoms with Gasteiger partial charge in [-0.3, -0.25) is 0 Å². The molecular weight excluding hydrogens is 208 g/mol. The first-order valence-electron chi connectivity index (χ1n) is 5.38. The van der Waals surface area contributed by atoms with Gasteiger partial charge in [-0.15, -0.1) is 0 Å². The summed E-state index contributed by atoms with van der Waals surface area (Å²) >= 11 is 0. The van der Waals surface area contributed by atoms with Crippen LogP contribution in [0, 0.1) is 5.41 Å². The maximum absolute atomic E-state index is 9.89. The molecule has 0 bridgehead atoms. The van der Waals surface area contributed by atoms with E-state index in [1.54, 1.807) is 7.11 Å². The van der Waals surface area contributed by atoms with E-state index in [0.29, 0.717) is 18.1 Å². The Morgan fingerprint density at radius 3 is 2.56 bits per heavy atom. The van der Waals surface area contributed by atoms with E-state index in [1.165, 1.54) is 0 Å². The van der Waals surface area contributed by atoms with Gasteiger partial charge in [0.15, 0.2) is 5.82 Å². The van der Waals surface area contributed by atoms with Crippen molar-refractivity contribution < 1.29 is 14.4 Å². The Bertz CT molecular complexity index is 330. The predicted octanol–water partition coefficient (Wildman–Crippen LogP) is 1.73. The molecule has 0 spiro atoms. The molecule has 1 aromatic heterocycles. The largest absolute Gasteiger partial charge is 0.392 e. The van der Waals surface area contributed by atoms with Gasteiger partial charge in [-0.1, -0.05) is 25.9 Å². The molecule has 1 rings (SSSR count). The van der Waals surface area contributed by atoms with Gasteiger partial charge in [0, 0.05) is 7.11 Å². The van der Waals surface area contributed by atoms with Gasteiger partial charge >= 0.3 is 0 Å². The van der Waals surface area contributed by atoms with Crippen LogP contribution in [-0.4, -0.2) is 28.5 Å². The molecule has 0 aliphatic rings. The molecule has 0 aliphatic heterocycles. The lowest BCUT2D eigenvalue weighted by molar-refractivity contribution is 0.0565. The molecular formula is C11H20N2O3. The Morgan fingerprint density at radius 2 is 2.06 bits per heavy atom. The van der Waals surface area contributed by atoms with Crippen molar-refractivity contribution >= 4 is 0 Å². The van der Waals surface area contributed by atoms with Crippen LogP contribution in [-0.2, 0) is 11.2 Å². The molecule has 1 N–H and O–H groups in total. The summed E-state index contributed by atoms with van der Waals surface area (Å²) in [5, 5.41) is 13.7. The highest BCUT2D eigenvalue weighted by atomic mass is 16.5. The van der Waals surface area contributed by atoms with Crippen LogP contribution < -0.4 is 0 Å². The second-order valence-electron chi connectivity index (χ2n) is 5.01. The van der Waals surface area contributed by atoms with Crippen LogP contribution in [0.5, 0.6) is 0 Å². The van der Waals surface area contributed by atoms with E-state index in [1.807, 2.05) is 27.7 Å². The van der Waals surface area contributed by atoms with E-state index in [2.05, 4.69) is 10.1 Å². The first-order valence-corrected chi connectivity index (χ1v) is 5.38. The fourth-order valence-electron chi connectivity index (χ4n) is 1.09. The van der Waals surface area contributed by atoms with Gasteiger partial charge < -0.3 is 14.4 Å². The molecule has 5 nitrogen and oxygen atoms in total. The molecule has 0 saturated heterocycles. The van der Waals surface area contributed by atoms with Crippen molar-refractivity contribution in [1.82, 2.24) is 10.1 Å². The molecule has 0 aliphatic carbocycles. The van der Waals surface area contributed by atoms with Crippen LogP contribution in [0.4, 0.5) is 0 Å². The van der Waals surface area contributed by atoms with Crippen LogP contribution in [0.1, 0.15) is 45.5 Å². The molecule has 0 aromatic carbocycles. The van der Waals surface area contributed by atoms with Gasteiger partial charge in [-0.2, -0.15) is 4.98 Å². The van der Waals surface area contributed by atoms with Crippen molar-refractivity contribution in [2.75, 3.05) is 7.11 Å². The minimum atomic E-state index is -0.501. The number of aromatic nitrogens is 2. The number of hydrogen-bond donors (Lipinski definition) is 1. The van der Waals surface area contributed by atoms with Crippen LogP contribution in [0.3, 0.4) is 0 Å². The molecule has 5 heteroatoms. The number of nitrogens with zero attached hydrogens (tertiary/aromatic N) is 2. The average Bonchev–Trinajstić information content (AvgIpc) is 2.63. The average molecular weight is 228 g/mol. The van der Waals surface area contributed by atoms with Gasteiger partial charge in [-0.05, 0) is 12.3 Å². The van der Waals surface area contributed by atoms with Crippen LogP contribution in [0.15, 0.2) is 4.52 Å². The third-order valence-corrected chi connectivity index (χ3v) is 2.57. The zero-order chi connectivity index (χ0) is 12.3. The summed E-state index contributed by atoms with van der Waals surface area (Å²) in [6.07, 6.45) is -0.324. The zero-order valence-corrected chi connectivity index (χ0v) is 10.5. The van der Waals surface area contributed by atoms with E-state index < -0.39 is 6.10 Å². The summed E-state index contributed by atoms with van der Waals surface area (Å²) in [5.41, 5.74) is -0.193. The standard InChI is InChI=1S/C11H20N2O3/c1-7(15-5)10-12-9(16-13-10)6-8(14)11(2,3)4/h7-8,14H,6H2,1-5H3. The Hall–Kier alpha value is -0.940. The lowest BCUT2D eigenvalue weighted by Gasteiger charge is -2.24. The molecule has 0 radical (unpaired) electrons. The van der Waals surface area contributed by atoms with E-state index >= 15 is 0 Å². The zero-order valence-electron chi connectivity index (χ0n) is 10.5. The fraction of sp³-hybridized carbons (Fsp3) is 0.818. The van der Waals surface area contributed by atoms with E-state index in [-0.39, 0.29) is 11.5 Å². The minimum absolute atomic E-state index is 0.190. The summed E-state index contributed by atoms with van der Waals surface area (Å²) in [6.45, 7) is 7.74. The fourth-order valence-corrected chi connectivity index (χ4v) is 1.09. The molecule has 0 fully saturated rings. The van der Waals surface area contributed by atoms with Gasteiger partial charge in [-0.25, -0.2) is 0 Å². The Balaban J connectivity index is 2.66. The van der Waals surface area contributed by atoms with Crippen molar-refractivity contribution in [3.63, 3.8) is 0 Å². The number of methoxy groups -OCH3 is 1. The van der Waals surface area contributed by atoms with Crippen molar-refractivity contribution in [3.8, 4) is 0 Å². The lowest BCUT2D eigenvalue weighted by atomic mass is 9.87. The minimum Gasteiger partial charge on any atom is -0.392 e. The van der Waals surface area contributed by atoms with E-state index in [9.17, 15) is 5.11 Å². The van der Waals surface area contributed by atoms with Crippen LogP contribution in [0.2, 0.25) is 0 Å². The number of aliphatic hydroxyl groups is 1. The summed E-state index contributed by atoms with van der Waals surface area (Å²) in [4.78, 5) is 4.17. The molecule has 2 atom stereocenters. The highest BCUT2D eigenvalue weighted by Gasteiger charge is 2.25. The highest BCUT2D eigenvalue weighted by molar-refractivity contribution is 4.92. The molecule has 2 unspecified atom stereocenters. The number of rotatable bonds is 4. The number of aliphatic hydroxyl groups excluding tert-OH is 1. The molecule has 92 valence electrons. The third kappa shape index (κ3) is 3.28. The maximum Gasteiger partial charge on any atom is 0.229 e. The topological polar surface area (TPSA) is 68.4 Å². The number of hydrogen-bond acceptors (Lipinski definition) is 5. The first kappa shape index (κ1) is 13.1. The third-order valence-electron chi connectivity index (χ3n) is 2.57.